The predicted octanol–water partition coefficient (Wildman–Crippen LogP) is 3.41. The largest absolute Gasteiger partial charge is 0.354 e. The first-order chi connectivity index (χ1) is 8.81. The Bertz CT molecular complexity index is 799. The lowest BCUT2D eigenvalue weighted by atomic mass is 10.0. The van der Waals surface area contributed by atoms with Crippen LogP contribution in [0.3, 0.4) is 0 Å². The van der Waals surface area contributed by atoms with Crippen LogP contribution in [-0.4, -0.2) is 4.98 Å². The minimum atomic E-state index is 0.0943. The first-order valence-electron chi connectivity index (χ1n) is 5.95. The summed E-state index contributed by atoms with van der Waals surface area (Å²) >= 11 is 0. The molecule has 0 aliphatic rings. The van der Waals surface area contributed by atoms with E-state index in [0.717, 1.165) is 27.4 Å². The van der Waals surface area contributed by atoms with Gasteiger partial charge in [-0.1, -0.05) is 30.3 Å². The molecule has 0 saturated carbocycles. The maximum absolute atomic E-state index is 12.5. The van der Waals surface area contributed by atoms with Crippen LogP contribution in [0.2, 0.25) is 0 Å². The van der Waals surface area contributed by atoms with Gasteiger partial charge in [-0.15, -0.1) is 6.58 Å². The number of fused-ring (bicyclic) bond motifs is 2. The fraction of sp³-hybridized carbons (Fsp3) is 0.0625. The van der Waals surface area contributed by atoms with Crippen molar-refractivity contribution in [1.29, 1.82) is 0 Å². The molecule has 0 unspecified atom stereocenters. The second-order valence-electron chi connectivity index (χ2n) is 4.33. The molecule has 1 heterocycles. The van der Waals surface area contributed by atoms with E-state index >= 15 is 0 Å². The molecule has 1 N–H and O–H groups in total. The molecule has 2 aromatic carbocycles. The average Bonchev–Trinajstić information content (AvgIpc) is 2.39. The third-order valence-corrected chi connectivity index (χ3v) is 3.18. The normalized spacial score (nSPS) is 10.9. The molecule has 3 aromatic rings. The van der Waals surface area contributed by atoms with Crippen LogP contribution in [0.5, 0.6) is 0 Å². The van der Waals surface area contributed by atoms with Gasteiger partial charge in [0, 0.05) is 16.3 Å². The van der Waals surface area contributed by atoms with Crippen molar-refractivity contribution in [3.63, 3.8) is 0 Å². The molecule has 0 amide bonds. The lowest BCUT2D eigenvalue weighted by Gasteiger charge is -2.06. The highest BCUT2D eigenvalue weighted by Crippen LogP contribution is 2.18. The summed E-state index contributed by atoms with van der Waals surface area (Å²) in [7, 11) is 0. The van der Waals surface area contributed by atoms with Gasteiger partial charge in [-0.25, -0.2) is 0 Å². The van der Waals surface area contributed by atoms with Crippen molar-refractivity contribution in [2.24, 2.45) is 0 Å². The van der Waals surface area contributed by atoms with Crippen LogP contribution in [0.1, 0.15) is 5.56 Å². The van der Waals surface area contributed by atoms with E-state index in [0.29, 0.717) is 6.42 Å². The van der Waals surface area contributed by atoms with Crippen molar-refractivity contribution in [2.75, 3.05) is 0 Å². The molecule has 0 radical (unpaired) electrons. The minimum absolute atomic E-state index is 0.0943. The molecular formula is C16H13NO. The van der Waals surface area contributed by atoms with Crippen molar-refractivity contribution in [3.05, 3.63) is 70.9 Å². The predicted molar refractivity (Wildman–Crippen MR) is 76.0 cm³/mol. The third-order valence-electron chi connectivity index (χ3n) is 3.18. The van der Waals surface area contributed by atoms with Crippen molar-refractivity contribution in [1.82, 2.24) is 4.98 Å². The molecule has 2 nitrogen and oxygen atoms in total. The lowest BCUT2D eigenvalue weighted by Crippen LogP contribution is -2.06. The van der Waals surface area contributed by atoms with Crippen LogP contribution in [0.25, 0.3) is 21.8 Å². The number of aromatic nitrogens is 1. The number of nitrogens with one attached hydrogen (secondary N) is 1. The molecule has 1 aromatic heterocycles. The van der Waals surface area contributed by atoms with E-state index in [4.69, 9.17) is 0 Å². The lowest BCUT2D eigenvalue weighted by molar-refractivity contribution is 1.30. The van der Waals surface area contributed by atoms with Crippen LogP contribution < -0.4 is 5.43 Å². The number of allylic oxidation sites excluding steroid dienone is 1. The van der Waals surface area contributed by atoms with Gasteiger partial charge in [0.15, 0.2) is 5.43 Å². The third kappa shape index (κ3) is 1.54. The van der Waals surface area contributed by atoms with Crippen LogP contribution in [0.15, 0.2) is 59.9 Å². The van der Waals surface area contributed by atoms with Gasteiger partial charge < -0.3 is 4.98 Å². The van der Waals surface area contributed by atoms with Crippen LogP contribution >= 0.6 is 0 Å². The summed E-state index contributed by atoms with van der Waals surface area (Å²) < 4.78 is 0. The van der Waals surface area contributed by atoms with E-state index in [1.54, 1.807) is 0 Å². The van der Waals surface area contributed by atoms with Crippen LogP contribution in [0.4, 0.5) is 0 Å². The topological polar surface area (TPSA) is 32.9 Å². The Morgan fingerprint density at radius 3 is 2.67 bits per heavy atom. The Morgan fingerprint density at radius 2 is 1.83 bits per heavy atom. The second-order valence-corrected chi connectivity index (χ2v) is 4.33. The SMILES string of the molecule is C=CCc1cccc2[nH]c3ccccc3c(=O)c12. The Hall–Kier alpha value is -2.35. The van der Waals surface area contributed by atoms with Crippen molar-refractivity contribution in [2.45, 2.75) is 6.42 Å². The number of aromatic amines is 1. The summed E-state index contributed by atoms with van der Waals surface area (Å²) in [6, 6.07) is 13.5. The van der Waals surface area contributed by atoms with E-state index in [1.165, 1.54) is 0 Å². The Morgan fingerprint density at radius 1 is 1.06 bits per heavy atom. The molecule has 0 atom stereocenters. The second kappa shape index (κ2) is 4.15. The molecular weight excluding hydrogens is 222 g/mol. The number of hydrogen-bond donors (Lipinski definition) is 1. The molecule has 0 aliphatic heterocycles. The van der Waals surface area contributed by atoms with Gasteiger partial charge in [-0.05, 0) is 30.2 Å². The van der Waals surface area contributed by atoms with Gasteiger partial charge in [0.1, 0.15) is 0 Å². The van der Waals surface area contributed by atoms with Crippen molar-refractivity contribution >= 4 is 21.8 Å². The van der Waals surface area contributed by atoms with E-state index in [-0.39, 0.29) is 5.43 Å². The highest BCUT2D eigenvalue weighted by Gasteiger charge is 2.07. The number of pyridine rings is 1. The van der Waals surface area contributed by atoms with E-state index in [1.807, 2.05) is 48.5 Å². The molecule has 18 heavy (non-hydrogen) atoms. The summed E-state index contributed by atoms with van der Waals surface area (Å²) in [5.41, 5.74) is 2.88. The van der Waals surface area contributed by atoms with Crippen LogP contribution in [0, 0.1) is 0 Å². The summed E-state index contributed by atoms with van der Waals surface area (Å²) in [5, 5.41) is 1.51. The molecule has 3 rings (SSSR count). The first-order valence-corrected chi connectivity index (χ1v) is 5.95. The standard InChI is InChI=1S/C16H13NO/c1-2-6-11-7-5-10-14-15(11)16(18)12-8-3-4-9-13(12)17-14/h2-5,7-10H,1,6H2,(H,17,18). The highest BCUT2D eigenvalue weighted by molar-refractivity contribution is 5.94. The molecule has 0 fully saturated rings. The van der Waals surface area contributed by atoms with Gasteiger partial charge >= 0.3 is 0 Å². The zero-order valence-corrected chi connectivity index (χ0v) is 9.94. The quantitative estimate of drug-likeness (QED) is 0.536. The Balaban J connectivity index is 2.53. The zero-order chi connectivity index (χ0) is 12.5. The summed E-state index contributed by atoms with van der Waals surface area (Å²) in [5.74, 6) is 0. The highest BCUT2D eigenvalue weighted by atomic mass is 16.1. The molecule has 2 heteroatoms. The zero-order valence-electron chi connectivity index (χ0n) is 9.94. The number of para-hydroxylation sites is 1. The Kier molecular flexibility index (Phi) is 2.49. The van der Waals surface area contributed by atoms with Gasteiger partial charge in [0.2, 0.25) is 0 Å². The summed E-state index contributed by atoms with van der Waals surface area (Å²) in [6.07, 6.45) is 2.53. The number of benzene rings is 2. The van der Waals surface area contributed by atoms with E-state index < -0.39 is 0 Å². The maximum Gasteiger partial charge on any atom is 0.197 e. The van der Waals surface area contributed by atoms with Crippen molar-refractivity contribution < 1.29 is 0 Å². The molecule has 0 aliphatic carbocycles. The van der Waals surface area contributed by atoms with Crippen LogP contribution in [-0.2, 0) is 6.42 Å². The first kappa shape index (κ1) is 10.8. The smallest absolute Gasteiger partial charge is 0.197 e. The number of H-pyrrole nitrogens is 1. The van der Waals surface area contributed by atoms with Gasteiger partial charge in [0.25, 0.3) is 0 Å². The fourth-order valence-electron chi connectivity index (χ4n) is 2.37. The van der Waals surface area contributed by atoms with E-state index in [9.17, 15) is 4.79 Å². The van der Waals surface area contributed by atoms with Crippen molar-refractivity contribution in [3.8, 4) is 0 Å². The molecule has 0 bridgehead atoms. The van der Waals surface area contributed by atoms with Gasteiger partial charge in [-0.2, -0.15) is 0 Å². The monoisotopic (exact) mass is 235 g/mol. The fourth-order valence-corrected chi connectivity index (χ4v) is 2.37. The average molecular weight is 235 g/mol. The Labute approximate surface area is 105 Å². The molecule has 0 spiro atoms. The summed E-state index contributed by atoms with van der Waals surface area (Å²) in [4.78, 5) is 15.8. The van der Waals surface area contributed by atoms with E-state index in [2.05, 4.69) is 11.6 Å². The van der Waals surface area contributed by atoms with Gasteiger partial charge in [-0.3, -0.25) is 4.79 Å². The minimum Gasteiger partial charge on any atom is -0.354 e. The number of rotatable bonds is 2. The molecule has 88 valence electrons. The number of hydrogen-bond acceptors (Lipinski definition) is 1. The molecule has 0 saturated heterocycles. The summed E-state index contributed by atoms with van der Waals surface area (Å²) in [6.45, 7) is 3.74. The maximum atomic E-state index is 12.5. The van der Waals surface area contributed by atoms with Gasteiger partial charge in [0.05, 0.1) is 5.52 Å².